The highest BCUT2D eigenvalue weighted by molar-refractivity contribution is 6.02. The fourth-order valence-electron chi connectivity index (χ4n) is 5.55. The van der Waals surface area contributed by atoms with Crippen LogP contribution in [-0.2, 0) is 12.1 Å². The van der Waals surface area contributed by atoms with Crippen molar-refractivity contribution in [2.24, 2.45) is 0 Å². The molecule has 3 heterocycles. The molecule has 208 valence electrons. The largest absolute Gasteiger partial charge is 0.443 e. The molecule has 0 atom stereocenters. The van der Waals surface area contributed by atoms with E-state index in [1.807, 2.05) is 42.5 Å². The highest BCUT2D eigenvalue weighted by Gasteiger charge is 2.45. The first kappa shape index (κ1) is 26.8. The van der Waals surface area contributed by atoms with Crippen LogP contribution in [0.25, 0.3) is 0 Å². The number of furan rings is 1. The standard InChI is InChI=1S/C34H27N3O5/c38-22-25-8-4-5-9-27(25)31(39)35-21-24-11-14-28-29(20-24)34(36-32(28)40)16-18-37(19-17-34)33(41)30-15-13-26(42-30)12-10-23-6-2-1-3-7-23/h1-9,11,13-15,20,22H,16-19,21H2,(H,35,39)(H,36,40). The van der Waals surface area contributed by atoms with E-state index < -0.39 is 5.54 Å². The third-order valence-electron chi connectivity index (χ3n) is 7.81. The lowest BCUT2D eigenvalue weighted by atomic mass is 9.81. The molecule has 3 aromatic carbocycles. The van der Waals surface area contributed by atoms with Crippen molar-refractivity contribution in [3.8, 4) is 11.8 Å². The van der Waals surface area contributed by atoms with Crippen LogP contribution in [0.1, 0.15) is 76.9 Å². The summed E-state index contributed by atoms with van der Waals surface area (Å²) in [6.07, 6.45) is 1.75. The van der Waals surface area contributed by atoms with E-state index in [1.165, 1.54) is 0 Å². The van der Waals surface area contributed by atoms with Crippen molar-refractivity contribution in [1.29, 1.82) is 0 Å². The monoisotopic (exact) mass is 557 g/mol. The minimum absolute atomic E-state index is 0.145. The molecule has 2 aliphatic heterocycles. The van der Waals surface area contributed by atoms with Gasteiger partial charge in [-0.15, -0.1) is 0 Å². The molecule has 0 saturated carbocycles. The Bertz CT molecular complexity index is 1750. The average Bonchev–Trinajstić information content (AvgIpc) is 3.61. The maximum Gasteiger partial charge on any atom is 0.289 e. The Hall–Kier alpha value is -5.42. The maximum atomic E-state index is 13.2. The molecular formula is C34H27N3O5. The summed E-state index contributed by atoms with van der Waals surface area (Å²) in [4.78, 5) is 51.8. The number of fused-ring (bicyclic) bond motifs is 2. The predicted octanol–water partition coefficient (Wildman–Crippen LogP) is 4.30. The zero-order valence-corrected chi connectivity index (χ0v) is 22.7. The van der Waals surface area contributed by atoms with E-state index in [-0.39, 0.29) is 30.0 Å². The van der Waals surface area contributed by atoms with Crippen LogP contribution in [-0.4, -0.2) is 42.0 Å². The molecule has 1 saturated heterocycles. The summed E-state index contributed by atoms with van der Waals surface area (Å²) in [5.41, 5.74) is 3.20. The van der Waals surface area contributed by atoms with Crippen LogP contribution in [0.2, 0.25) is 0 Å². The van der Waals surface area contributed by atoms with Crippen molar-refractivity contribution in [3.05, 3.63) is 130 Å². The fourth-order valence-corrected chi connectivity index (χ4v) is 5.55. The zero-order chi connectivity index (χ0) is 29.1. The van der Waals surface area contributed by atoms with Crippen LogP contribution in [0.4, 0.5) is 0 Å². The van der Waals surface area contributed by atoms with Gasteiger partial charge in [0, 0.05) is 41.9 Å². The lowest BCUT2D eigenvalue weighted by Crippen LogP contribution is -2.50. The van der Waals surface area contributed by atoms with Gasteiger partial charge in [0.25, 0.3) is 17.7 Å². The van der Waals surface area contributed by atoms with Gasteiger partial charge in [0.2, 0.25) is 0 Å². The molecule has 1 spiro atoms. The molecule has 6 rings (SSSR count). The van der Waals surface area contributed by atoms with Crippen LogP contribution in [0, 0.1) is 11.8 Å². The number of likely N-dealkylation sites (tertiary alicyclic amines) is 1. The van der Waals surface area contributed by atoms with Crippen molar-refractivity contribution < 1.29 is 23.6 Å². The summed E-state index contributed by atoms with van der Waals surface area (Å²) < 4.78 is 5.73. The normalized spacial score (nSPS) is 14.9. The molecule has 0 unspecified atom stereocenters. The second-order valence-electron chi connectivity index (χ2n) is 10.4. The Morgan fingerprint density at radius 3 is 2.50 bits per heavy atom. The van der Waals surface area contributed by atoms with Gasteiger partial charge in [0.1, 0.15) is 0 Å². The molecule has 0 aliphatic carbocycles. The first-order valence-corrected chi connectivity index (χ1v) is 13.7. The summed E-state index contributed by atoms with van der Waals surface area (Å²) in [5.74, 6) is 5.92. The maximum absolute atomic E-state index is 13.2. The molecule has 1 aromatic heterocycles. The topological polar surface area (TPSA) is 109 Å². The number of nitrogens with zero attached hydrogens (tertiary/aromatic N) is 1. The van der Waals surface area contributed by atoms with Crippen molar-refractivity contribution in [2.75, 3.05) is 13.1 Å². The van der Waals surface area contributed by atoms with Crippen LogP contribution in [0.15, 0.2) is 89.3 Å². The number of benzene rings is 3. The summed E-state index contributed by atoms with van der Waals surface area (Å²) in [6, 6.07) is 25.0. The Labute approximate surface area is 242 Å². The van der Waals surface area contributed by atoms with Gasteiger partial charge >= 0.3 is 0 Å². The molecule has 0 bridgehead atoms. The van der Waals surface area contributed by atoms with Gasteiger partial charge in [-0.3, -0.25) is 19.2 Å². The summed E-state index contributed by atoms with van der Waals surface area (Å²) >= 11 is 0. The molecule has 0 radical (unpaired) electrons. The van der Waals surface area contributed by atoms with Gasteiger partial charge in [-0.25, -0.2) is 0 Å². The van der Waals surface area contributed by atoms with E-state index in [2.05, 4.69) is 22.5 Å². The van der Waals surface area contributed by atoms with E-state index in [0.29, 0.717) is 54.7 Å². The second-order valence-corrected chi connectivity index (χ2v) is 10.4. The van der Waals surface area contributed by atoms with Crippen molar-refractivity contribution >= 4 is 24.0 Å². The number of carbonyl (C=O) groups is 4. The molecule has 4 aromatic rings. The number of piperidine rings is 1. The predicted molar refractivity (Wildman–Crippen MR) is 155 cm³/mol. The third kappa shape index (κ3) is 5.20. The van der Waals surface area contributed by atoms with Gasteiger partial charge in [0.05, 0.1) is 5.54 Å². The SMILES string of the molecule is O=Cc1ccccc1C(=O)NCc1ccc2c(c1)C1(CCN(C(=O)c3ccc(C#Cc4ccccc4)o3)CC1)NC2=O. The first-order valence-electron chi connectivity index (χ1n) is 13.7. The van der Waals surface area contributed by atoms with E-state index in [0.717, 1.165) is 16.7 Å². The van der Waals surface area contributed by atoms with E-state index in [1.54, 1.807) is 47.4 Å². The first-order chi connectivity index (χ1) is 20.5. The van der Waals surface area contributed by atoms with Gasteiger partial charge in [-0.1, -0.05) is 54.5 Å². The van der Waals surface area contributed by atoms with E-state index in [4.69, 9.17) is 4.42 Å². The molecule has 3 amide bonds. The number of hydrogen-bond donors (Lipinski definition) is 2. The molecular weight excluding hydrogens is 530 g/mol. The minimum atomic E-state index is -0.594. The van der Waals surface area contributed by atoms with Crippen LogP contribution >= 0.6 is 0 Å². The van der Waals surface area contributed by atoms with E-state index in [9.17, 15) is 19.2 Å². The van der Waals surface area contributed by atoms with Crippen LogP contribution < -0.4 is 10.6 Å². The molecule has 8 heteroatoms. The fraction of sp³-hybridized carbons (Fsp3) is 0.176. The van der Waals surface area contributed by atoms with Crippen LogP contribution in [0.3, 0.4) is 0 Å². The molecule has 1 fully saturated rings. The van der Waals surface area contributed by atoms with Gasteiger partial charge in [0.15, 0.2) is 17.8 Å². The van der Waals surface area contributed by atoms with Crippen molar-refractivity contribution in [2.45, 2.75) is 24.9 Å². The Morgan fingerprint density at radius 1 is 0.952 bits per heavy atom. The Kier molecular flexibility index (Phi) is 7.16. The number of carbonyl (C=O) groups excluding carboxylic acids is 4. The number of hydrogen-bond acceptors (Lipinski definition) is 5. The van der Waals surface area contributed by atoms with Gasteiger partial charge < -0.3 is 20.0 Å². The summed E-state index contributed by atoms with van der Waals surface area (Å²) in [7, 11) is 0. The van der Waals surface area contributed by atoms with Crippen LogP contribution in [0.5, 0.6) is 0 Å². The quantitative estimate of drug-likeness (QED) is 0.281. The third-order valence-corrected chi connectivity index (χ3v) is 7.81. The minimum Gasteiger partial charge on any atom is -0.443 e. The Morgan fingerprint density at radius 2 is 1.71 bits per heavy atom. The van der Waals surface area contributed by atoms with Gasteiger partial charge in [-0.2, -0.15) is 0 Å². The average molecular weight is 558 g/mol. The lowest BCUT2D eigenvalue weighted by molar-refractivity contribution is 0.0605. The molecule has 2 aliphatic rings. The lowest BCUT2D eigenvalue weighted by Gasteiger charge is -2.39. The number of nitrogens with one attached hydrogen (secondary N) is 2. The zero-order valence-electron chi connectivity index (χ0n) is 22.7. The molecule has 2 N–H and O–H groups in total. The molecule has 8 nitrogen and oxygen atoms in total. The van der Waals surface area contributed by atoms with Crippen molar-refractivity contribution in [1.82, 2.24) is 15.5 Å². The number of rotatable bonds is 5. The smallest absolute Gasteiger partial charge is 0.289 e. The van der Waals surface area contributed by atoms with Gasteiger partial charge in [-0.05, 0) is 66.3 Å². The van der Waals surface area contributed by atoms with Crippen molar-refractivity contribution in [3.63, 3.8) is 0 Å². The highest BCUT2D eigenvalue weighted by atomic mass is 16.3. The summed E-state index contributed by atoms with van der Waals surface area (Å²) in [5, 5.41) is 6.03. The summed E-state index contributed by atoms with van der Waals surface area (Å²) in [6.45, 7) is 1.11. The highest BCUT2D eigenvalue weighted by Crippen LogP contribution is 2.40. The number of aldehydes is 1. The second kappa shape index (κ2) is 11.2. The Balaban J connectivity index is 1.12. The van der Waals surface area contributed by atoms with E-state index >= 15 is 0 Å². The number of amides is 3. The molecule has 42 heavy (non-hydrogen) atoms.